The van der Waals surface area contributed by atoms with Crippen LogP contribution in [0.3, 0.4) is 0 Å². The van der Waals surface area contributed by atoms with Crippen LogP contribution in [-0.4, -0.2) is 38.4 Å². The normalized spacial score (nSPS) is 17.0. The minimum absolute atomic E-state index is 0.107. The molecule has 1 atom stereocenters. The van der Waals surface area contributed by atoms with E-state index < -0.39 is 18.1 Å². The van der Waals surface area contributed by atoms with Gasteiger partial charge in [0.15, 0.2) is 0 Å². The van der Waals surface area contributed by atoms with Crippen LogP contribution in [0.2, 0.25) is 0 Å². The molecule has 0 saturated carbocycles. The lowest BCUT2D eigenvalue weighted by molar-refractivity contribution is -0.127. The Kier molecular flexibility index (Phi) is 4.18. The standard InChI is InChI=1S/C14H14N2O5/c1-3-6-19-9-4-5-11-10(7-9)16(2)13(17)12(8-20-11)21-14(15)18/h1,4-5,7,12H,6,8H2,2H3,(H2,15,18)/t12-/m0/s1. The molecule has 0 unspecified atom stereocenters. The number of likely N-dealkylation sites (N-methyl/N-ethyl adjacent to an activating group) is 1. The number of rotatable bonds is 3. The van der Waals surface area contributed by atoms with Crippen molar-refractivity contribution in [1.82, 2.24) is 0 Å². The quantitative estimate of drug-likeness (QED) is 0.819. The van der Waals surface area contributed by atoms with Crippen LogP contribution in [0.15, 0.2) is 18.2 Å². The van der Waals surface area contributed by atoms with Gasteiger partial charge in [-0.15, -0.1) is 6.42 Å². The third-order valence-electron chi connectivity index (χ3n) is 2.87. The van der Waals surface area contributed by atoms with E-state index in [0.29, 0.717) is 17.2 Å². The van der Waals surface area contributed by atoms with Crippen LogP contribution >= 0.6 is 0 Å². The van der Waals surface area contributed by atoms with E-state index in [-0.39, 0.29) is 13.2 Å². The number of fused-ring (bicyclic) bond motifs is 1. The minimum Gasteiger partial charge on any atom is -0.487 e. The molecule has 2 amide bonds. The summed E-state index contributed by atoms with van der Waals surface area (Å²) in [5.41, 5.74) is 5.43. The Bertz CT molecular complexity index is 608. The van der Waals surface area contributed by atoms with E-state index in [1.807, 2.05) is 0 Å². The van der Waals surface area contributed by atoms with E-state index in [9.17, 15) is 9.59 Å². The zero-order valence-electron chi connectivity index (χ0n) is 11.4. The molecule has 7 nitrogen and oxygen atoms in total. The molecule has 0 radical (unpaired) electrons. The summed E-state index contributed by atoms with van der Waals surface area (Å²) in [5.74, 6) is 2.88. The van der Waals surface area contributed by atoms with Crippen molar-refractivity contribution in [3.05, 3.63) is 18.2 Å². The van der Waals surface area contributed by atoms with E-state index in [1.54, 1.807) is 18.2 Å². The van der Waals surface area contributed by atoms with Crippen LogP contribution < -0.4 is 20.1 Å². The van der Waals surface area contributed by atoms with E-state index >= 15 is 0 Å². The number of nitrogens with two attached hydrogens (primary N) is 1. The Balaban J connectivity index is 2.27. The number of ether oxygens (including phenoxy) is 3. The largest absolute Gasteiger partial charge is 0.487 e. The summed E-state index contributed by atoms with van der Waals surface area (Å²) in [6.07, 6.45) is 3.01. The first-order valence-corrected chi connectivity index (χ1v) is 6.09. The SMILES string of the molecule is C#CCOc1ccc2c(c1)N(C)C(=O)[C@@H](OC(N)=O)CO2. The van der Waals surface area contributed by atoms with Gasteiger partial charge in [0.2, 0.25) is 6.10 Å². The summed E-state index contributed by atoms with van der Waals surface area (Å²) < 4.78 is 15.5. The van der Waals surface area contributed by atoms with Gasteiger partial charge in [-0.3, -0.25) is 4.79 Å². The van der Waals surface area contributed by atoms with Crippen LogP contribution in [0.5, 0.6) is 11.5 Å². The number of hydrogen-bond donors (Lipinski definition) is 1. The van der Waals surface area contributed by atoms with Gasteiger partial charge in [0.1, 0.15) is 24.7 Å². The first-order chi connectivity index (χ1) is 10.0. The second kappa shape index (κ2) is 6.05. The molecule has 0 saturated heterocycles. The predicted octanol–water partition coefficient (Wildman–Crippen LogP) is 0.518. The Hall–Kier alpha value is -2.88. The van der Waals surface area contributed by atoms with Gasteiger partial charge in [-0.1, -0.05) is 5.92 Å². The fraction of sp³-hybridized carbons (Fsp3) is 0.286. The molecule has 21 heavy (non-hydrogen) atoms. The van der Waals surface area contributed by atoms with Gasteiger partial charge in [-0.05, 0) is 12.1 Å². The molecule has 1 heterocycles. The fourth-order valence-electron chi connectivity index (χ4n) is 1.89. The molecule has 1 aliphatic rings. The van der Waals surface area contributed by atoms with Crippen molar-refractivity contribution in [3.63, 3.8) is 0 Å². The molecule has 1 aromatic carbocycles. The van der Waals surface area contributed by atoms with Gasteiger partial charge in [-0.25, -0.2) is 4.79 Å². The maximum atomic E-state index is 12.2. The van der Waals surface area contributed by atoms with Gasteiger partial charge in [-0.2, -0.15) is 0 Å². The lowest BCUT2D eigenvalue weighted by Crippen LogP contribution is -2.41. The maximum absolute atomic E-state index is 12.2. The van der Waals surface area contributed by atoms with Crippen molar-refractivity contribution in [3.8, 4) is 23.8 Å². The number of carbonyl (C=O) groups excluding carboxylic acids is 2. The number of terminal acetylenes is 1. The number of primary amides is 1. The van der Waals surface area contributed by atoms with Crippen molar-refractivity contribution < 1.29 is 23.8 Å². The number of nitrogens with zero attached hydrogens (tertiary/aromatic N) is 1. The van der Waals surface area contributed by atoms with Crippen LogP contribution in [0.1, 0.15) is 0 Å². The predicted molar refractivity (Wildman–Crippen MR) is 74.1 cm³/mol. The highest BCUT2D eigenvalue weighted by Crippen LogP contribution is 2.34. The molecular weight excluding hydrogens is 276 g/mol. The van der Waals surface area contributed by atoms with Crippen molar-refractivity contribution in [1.29, 1.82) is 0 Å². The number of anilines is 1. The zero-order chi connectivity index (χ0) is 15.4. The molecule has 0 aromatic heterocycles. The molecule has 1 aliphatic heterocycles. The molecule has 0 bridgehead atoms. The first-order valence-electron chi connectivity index (χ1n) is 6.09. The third-order valence-corrected chi connectivity index (χ3v) is 2.87. The van der Waals surface area contributed by atoms with Gasteiger partial charge in [0.05, 0.1) is 5.69 Å². The molecule has 2 rings (SSSR count). The second-order valence-electron chi connectivity index (χ2n) is 4.26. The van der Waals surface area contributed by atoms with Crippen LogP contribution in [0.4, 0.5) is 10.5 Å². The van der Waals surface area contributed by atoms with Crippen molar-refractivity contribution in [2.45, 2.75) is 6.10 Å². The number of amides is 2. The Morgan fingerprint density at radius 3 is 3.05 bits per heavy atom. The average molecular weight is 290 g/mol. The topological polar surface area (TPSA) is 91.1 Å². The van der Waals surface area contributed by atoms with Crippen molar-refractivity contribution in [2.75, 3.05) is 25.2 Å². The smallest absolute Gasteiger partial charge is 0.405 e. The summed E-state index contributed by atoms with van der Waals surface area (Å²) in [6, 6.07) is 4.94. The summed E-state index contributed by atoms with van der Waals surface area (Å²) in [7, 11) is 1.54. The highest BCUT2D eigenvalue weighted by Gasteiger charge is 2.32. The summed E-state index contributed by atoms with van der Waals surface area (Å²) in [5, 5.41) is 0. The van der Waals surface area contributed by atoms with E-state index in [4.69, 9.17) is 26.4 Å². The van der Waals surface area contributed by atoms with E-state index in [2.05, 4.69) is 5.92 Å². The molecule has 0 spiro atoms. The minimum atomic E-state index is -1.09. The molecule has 0 aliphatic carbocycles. The molecule has 0 fully saturated rings. The lowest BCUT2D eigenvalue weighted by atomic mass is 10.2. The Labute approximate surface area is 121 Å². The number of benzene rings is 1. The fourth-order valence-corrected chi connectivity index (χ4v) is 1.89. The maximum Gasteiger partial charge on any atom is 0.405 e. The summed E-state index contributed by atoms with van der Waals surface area (Å²) in [4.78, 5) is 24.3. The molecule has 110 valence electrons. The Morgan fingerprint density at radius 1 is 1.62 bits per heavy atom. The van der Waals surface area contributed by atoms with E-state index in [0.717, 1.165) is 0 Å². The van der Waals surface area contributed by atoms with E-state index in [1.165, 1.54) is 11.9 Å². The zero-order valence-corrected chi connectivity index (χ0v) is 11.4. The van der Waals surface area contributed by atoms with Crippen molar-refractivity contribution >= 4 is 17.7 Å². The van der Waals surface area contributed by atoms with Crippen LogP contribution in [0.25, 0.3) is 0 Å². The lowest BCUT2D eigenvalue weighted by Gasteiger charge is -2.19. The van der Waals surface area contributed by atoms with Crippen molar-refractivity contribution in [2.24, 2.45) is 5.73 Å². The number of carbonyl (C=O) groups is 2. The monoisotopic (exact) mass is 290 g/mol. The summed E-state index contributed by atoms with van der Waals surface area (Å²) in [6.45, 7) is 0.00832. The highest BCUT2D eigenvalue weighted by atomic mass is 16.6. The second-order valence-corrected chi connectivity index (χ2v) is 4.26. The molecule has 2 N–H and O–H groups in total. The van der Waals surface area contributed by atoms with Gasteiger partial charge in [0.25, 0.3) is 5.91 Å². The molecule has 7 heteroatoms. The van der Waals surface area contributed by atoms with Gasteiger partial charge in [0, 0.05) is 13.1 Å². The van der Waals surface area contributed by atoms with Gasteiger partial charge < -0.3 is 24.8 Å². The first kappa shape index (κ1) is 14.5. The third kappa shape index (κ3) is 3.17. The Morgan fingerprint density at radius 2 is 2.38 bits per heavy atom. The van der Waals surface area contributed by atoms with Crippen LogP contribution in [0, 0.1) is 12.3 Å². The number of hydrogen-bond acceptors (Lipinski definition) is 5. The summed E-state index contributed by atoms with van der Waals surface area (Å²) >= 11 is 0. The van der Waals surface area contributed by atoms with Gasteiger partial charge >= 0.3 is 6.09 Å². The molecule has 1 aromatic rings. The average Bonchev–Trinajstić information content (AvgIpc) is 2.57. The highest BCUT2D eigenvalue weighted by molar-refractivity contribution is 5.99. The van der Waals surface area contributed by atoms with Crippen LogP contribution in [-0.2, 0) is 9.53 Å². The molecular formula is C14H14N2O5.